The predicted octanol–water partition coefficient (Wildman–Crippen LogP) is 18.2. The van der Waals surface area contributed by atoms with Crippen molar-refractivity contribution in [3.05, 3.63) is 24.3 Å². The highest BCUT2D eigenvalue weighted by atomic mass is 16.5. The minimum atomic E-state index is -0.854. The number of rotatable bonds is 55. The second-order valence-electron chi connectivity index (χ2n) is 20.3. The van der Waals surface area contributed by atoms with Gasteiger partial charge in [-0.3, -0.25) is 9.59 Å². The summed E-state index contributed by atoms with van der Waals surface area (Å²) in [6.45, 7) is 4.88. The molecule has 1 amide bonds. The number of hydrogen-bond acceptors (Lipinski definition) is 5. The van der Waals surface area contributed by atoms with Crippen LogP contribution in [0.2, 0.25) is 0 Å². The van der Waals surface area contributed by atoms with Gasteiger partial charge in [-0.05, 0) is 57.8 Å². The molecule has 0 heterocycles. The lowest BCUT2D eigenvalue weighted by atomic mass is 10.0. The van der Waals surface area contributed by atoms with E-state index in [4.69, 9.17) is 4.74 Å². The van der Waals surface area contributed by atoms with Crippen LogP contribution >= 0.6 is 0 Å². The van der Waals surface area contributed by atoms with Crippen LogP contribution in [-0.2, 0) is 14.3 Å². The number of aliphatic hydroxyl groups is 2. The molecule has 3 N–H and O–H groups in total. The van der Waals surface area contributed by atoms with Crippen molar-refractivity contribution < 1.29 is 24.5 Å². The Kier molecular flexibility index (Phi) is 54.5. The molecular formula is C60H115NO5. The lowest BCUT2D eigenvalue weighted by Gasteiger charge is -2.20. The number of hydrogen-bond donors (Lipinski definition) is 3. The van der Waals surface area contributed by atoms with Gasteiger partial charge >= 0.3 is 5.97 Å². The van der Waals surface area contributed by atoms with Crippen LogP contribution in [-0.4, -0.2) is 47.4 Å². The summed E-state index contributed by atoms with van der Waals surface area (Å²) >= 11 is 0. The molecule has 0 spiro atoms. The second kappa shape index (κ2) is 55.9. The topological polar surface area (TPSA) is 95.9 Å². The zero-order valence-electron chi connectivity index (χ0n) is 44.4. The van der Waals surface area contributed by atoms with Gasteiger partial charge in [0.1, 0.15) is 0 Å². The summed E-state index contributed by atoms with van der Waals surface area (Å²) in [5.74, 6) is -0.0931. The number of carbonyl (C=O) groups excluding carboxylic acids is 2. The highest BCUT2D eigenvalue weighted by Gasteiger charge is 2.18. The standard InChI is InChI=1S/C60H115NO5/c1-3-5-7-9-11-13-15-17-19-20-21-22-23-24-25-26-28-32-36-40-44-48-52-58(63)57(56-62)61-59(64)53-49-45-41-37-33-29-27-31-35-39-43-47-51-55-66-60(65)54-50-46-42-38-34-30-18-16-14-12-10-8-6-4-2/h16,18,48,52,57-58,62-63H,3-15,17,19-47,49-51,53-56H2,1-2H3,(H,61,64)/b18-16-,52-48+. The molecule has 0 aliphatic heterocycles. The summed E-state index contributed by atoms with van der Waals surface area (Å²) in [7, 11) is 0. The number of unbranched alkanes of at least 4 members (excludes halogenated alkanes) is 42. The third-order valence-electron chi connectivity index (χ3n) is 13.7. The van der Waals surface area contributed by atoms with Gasteiger partial charge in [0.15, 0.2) is 0 Å². The minimum Gasteiger partial charge on any atom is -0.466 e. The molecule has 0 saturated carbocycles. The molecular weight excluding hydrogens is 815 g/mol. The lowest BCUT2D eigenvalue weighted by molar-refractivity contribution is -0.143. The van der Waals surface area contributed by atoms with Crippen molar-refractivity contribution in [3.63, 3.8) is 0 Å². The van der Waals surface area contributed by atoms with Crippen molar-refractivity contribution in [1.29, 1.82) is 0 Å². The number of carbonyl (C=O) groups is 2. The highest BCUT2D eigenvalue weighted by molar-refractivity contribution is 5.76. The third kappa shape index (κ3) is 51.7. The molecule has 0 bridgehead atoms. The largest absolute Gasteiger partial charge is 0.466 e. The molecule has 2 atom stereocenters. The van der Waals surface area contributed by atoms with Crippen molar-refractivity contribution in [3.8, 4) is 0 Å². The fourth-order valence-corrected chi connectivity index (χ4v) is 9.16. The van der Waals surface area contributed by atoms with Crippen LogP contribution in [0.3, 0.4) is 0 Å². The zero-order valence-corrected chi connectivity index (χ0v) is 44.4. The minimum absolute atomic E-state index is 0.0148. The van der Waals surface area contributed by atoms with E-state index in [0.717, 1.165) is 57.8 Å². The Morgan fingerprint density at radius 2 is 0.712 bits per heavy atom. The van der Waals surface area contributed by atoms with E-state index in [1.807, 2.05) is 6.08 Å². The van der Waals surface area contributed by atoms with Crippen molar-refractivity contribution in [2.45, 2.75) is 334 Å². The predicted molar refractivity (Wildman–Crippen MR) is 287 cm³/mol. The number of allylic oxidation sites excluding steroid dienone is 3. The normalized spacial score (nSPS) is 12.7. The average molecular weight is 931 g/mol. The number of esters is 1. The maximum atomic E-state index is 12.5. The van der Waals surface area contributed by atoms with Crippen molar-refractivity contribution in [2.75, 3.05) is 13.2 Å². The quantitative estimate of drug-likeness (QED) is 0.0321. The van der Waals surface area contributed by atoms with Crippen LogP contribution in [0.5, 0.6) is 0 Å². The van der Waals surface area contributed by atoms with Crippen molar-refractivity contribution >= 4 is 11.9 Å². The number of amides is 1. The number of ether oxygens (including phenoxy) is 1. The number of nitrogens with one attached hydrogen (secondary N) is 1. The van der Waals surface area contributed by atoms with Crippen LogP contribution in [0.15, 0.2) is 24.3 Å². The van der Waals surface area contributed by atoms with Gasteiger partial charge in [0.2, 0.25) is 5.91 Å². The monoisotopic (exact) mass is 930 g/mol. The SMILES string of the molecule is CCCCCCC/C=C\CCCCCCCC(=O)OCCCCCCCCCCCCCCCC(=O)NC(CO)C(O)/C=C/CCCCCCCCCCCCCCCCCCCCCC. The van der Waals surface area contributed by atoms with E-state index in [2.05, 4.69) is 31.3 Å². The van der Waals surface area contributed by atoms with Gasteiger partial charge in [0, 0.05) is 12.8 Å². The van der Waals surface area contributed by atoms with Crippen LogP contribution in [0.25, 0.3) is 0 Å². The summed E-state index contributed by atoms with van der Waals surface area (Å²) in [4.78, 5) is 24.5. The zero-order chi connectivity index (χ0) is 47.9. The van der Waals surface area contributed by atoms with Gasteiger partial charge in [-0.2, -0.15) is 0 Å². The lowest BCUT2D eigenvalue weighted by Crippen LogP contribution is -2.45. The maximum Gasteiger partial charge on any atom is 0.305 e. The van der Waals surface area contributed by atoms with E-state index >= 15 is 0 Å². The third-order valence-corrected chi connectivity index (χ3v) is 13.7. The Morgan fingerprint density at radius 3 is 1.08 bits per heavy atom. The van der Waals surface area contributed by atoms with Gasteiger partial charge in [-0.1, -0.05) is 276 Å². The van der Waals surface area contributed by atoms with E-state index in [0.29, 0.717) is 19.4 Å². The molecule has 0 aliphatic carbocycles. The summed E-state index contributed by atoms with van der Waals surface area (Å²) < 4.78 is 5.46. The first-order valence-corrected chi connectivity index (χ1v) is 29.6. The molecule has 0 aliphatic rings. The Labute approximate surface area is 411 Å². The molecule has 390 valence electrons. The molecule has 0 aromatic heterocycles. The fourth-order valence-electron chi connectivity index (χ4n) is 9.16. The van der Waals surface area contributed by atoms with E-state index < -0.39 is 12.1 Å². The van der Waals surface area contributed by atoms with Gasteiger partial charge in [-0.15, -0.1) is 0 Å². The van der Waals surface area contributed by atoms with E-state index in [1.165, 1.54) is 238 Å². The first kappa shape index (κ1) is 64.3. The second-order valence-corrected chi connectivity index (χ2v) is 20.3. The molecule has 0 fully saturated rings. The van der Waals surface area contributed by atoms with Gasteiger partial charge in [-0.25, -0.2) is 0 Å². The maximum absolute atomic E-state index is 12.5. The molecule has 0 aromatic rings. The smallest absolute Gasteiger partial charge is 0.305 e. The molecule has 0 saturated heterocycles. The summed E-state index contributed by atoms with van der Waals surface area (Å²) in [5, 5.41) is 23.2. The first-order chi connectivity index (χ1) is 32.5. The van der Waals surface area contributed by atoms with E-state index in [-0.39, 0.29) is 18.5 Å². The molecule has 0 aromatic carbocycles. The molecule has 0 radical (unpaired) electrons. The molecule has 2 unspecified atom stereocenters. The van der Waals surface area contributed by atoms with Gasteiger partial charge in [0.05, 0.1) is 25.4 Å². The van der Waals surface area contributed by atoms with E-state index in [1.54, 1.807) is 6.08 Å². The van der Waals surface area contributed by atoms with Gasteiger partial charge < -0.3 is 20.3 Å². The van der Waals surface area contributed by atoms with Crippen LogP contribution < -0.4 is 5.32 Å². The average Bonchev–Trinajstić information content (AvgIpc) is 3.32. The molecule has 6 nitrogen and oxygen atoms in total. The molecule has 6 heteroatoms. The van der Waals surface area contributed by atoms with Crippen LogP contribution in [0.4, 0.5) is 0 Å². The van der Waals surface area contributed by atoms with Gasteiger partial charge in [0.25, 0.3) is 0 Å². The fraction of sp³-hybridized carbons (Fsp3) is 0.900. The van der Waals surface area contributed by atoms with Crippen LogP contribution in [0, 0.1) is 0 Å². The number of aliphatic hydroxyl groups excluding tert-OH is 2. The first-order valence-electron chi connectivity index (χ1n) is 29.6. The van der Waals surface area contributed by atoms with E-state index in [9.17, 15) is 19.8 Å². The van der Waals surface area contributed by atoms with Crippen molar-refractivity contribution in [2.24, 2.45) is 0 Å². The van der Waals surface area contributed by atoms with Crippen LogP contribution in [0.1, 0.15) is 322 Å². The highest BCUT2D eigenvalue weighted by Crippen LogP contribution is 2.17. The van der Waals surface area contributed by atoms with Crippen molar-refractivity contribution in [1.82, 2.24) is 5.32 Å². The molecule has 0 rings (SSSR count). The Morgan fingerprint density at radius 1 is 0.409 bits per heavy atom. The Bertz CT molecular complexity index is 1030. The Balaban J connectivity index is 3.48. The summed E-state index contributed by atoms with van der Waals surface area (Å²) in [6.07, 6.45) is 67.7. The molecule has 66 heavy (non-hydrogen) atoms. The summed E-state index contributed by atoms with van der Waals surface area (Å²) in [6, 6.07) is -0.638. The Hall–Kier alpha value is -1.66. The summed E-state index contributed by atoms with van der Waals surface area (Å²) in [5.41, 5.74) is 0.